The molecule has 0 bridgehead atoms. The Morgan fingerprint density at radius 2 is 0.711 bits per heavy atom. The van der Waals surface area contributed by atoms with Crippen molar-refractivity contribution in [3.8, 4) is 0 Å². The summed E-state index contributed by atoms with van der Waals surface area (Å²) < 4.78 is 34.2. The van der Waals surface area contributed by atoms with Crippen LogP contribution in [0.25, 0.3) is 0 Å². The summed E-state index contributed by atoms with van der Waals surface area (Å²) in [4.78, 5) is 37.9. The van der Waals surface area contributed by atoms with Crippen LogP contribution in [0.15, 0.2) is 134 Å². The number of ether oxygens (including phenoxy) is 2. The van der Waals surface area contributed by atoms with Crippen LogP contribution in [0.4, 0.5) is 0 Å². The molecule has 0 rings (SSSR count). The molecule has 0 fully saturated rings. The Labute approximate surface area is 466 Å². The third-order valence-corrected chi connectivity index (χ3v) is 13.1. The SMILES string of the molecule is CC/C=C\C/C=C\C/C=C\C/C=C\C/C=C\C/C=C\C/C=C\CCCCCCCCCCCCCC(=O)OC(COC(=O)CCCCCCCC/C=C\C/C=C\C/C=C\C/C=C\CC)COP(=O)([O-])OCC[N+](C)(C)C. The summed E-state index contributed by atoms with van der Waals surface area (Å²) in [5, 5.41) is 0. The zero-order chi connectivity index (χ0) is 55.6. The van der Waals surface area contributed by atoms with Crippen molar-refractivity contribution in [1.29, 1.82) is 0 Å². The fourth-order valence-electron chi connectivity index (χ4n) is 7.63. The molecule has 0 aliphatic heterocycles. The minimum absolute atomic E-state index is 0.0409. The molecular formula is C66H110NO8P. The van der Waals surface area contributed by atoms with Gasteiger partial charge < -0.3 is 27.9 Å². The molecule has 432 valence electrons. The van der Waals surface area contributed by atoms with Crippen molar-refractivity contribution in [2.24, 2.45) is 0 Å². The molecule has 0 spiro atoms. The first kappa shape index (κ1) is 72.2. The topological polar surface area (TPSA) is 111 Å². The number of nitrogens with zero attached hydrogens (tertiary/aromatic N) is 1. The van der Waals surface area contributed by atoms with E-state index >= 15 is 0 Å². The van der Waals surface area contributed by atoms with Gasteiger partial charge in [0.1, 0.15) is 19.8 Å². The van der Waals surface area contributed by atoms with Gasteiger partial charge in [0.05, 0.1) is 27.7 Å². The summed E-state index contributed by atoms with van der Waals surface area (Å²) in [6.45, 7) is 3.98. The quantitative estimate of drug-likeness (QED) is 0.0195. The molecule has 0 radical (unpaired) electrons. The van der Waals surface area contributed by atoms with Crippen molar-refractivity contribution in [2.45, 2.75) is 225 Å². The van der Waals surface area contributed by atoms with Gasteiger partial charge in [-0.25, -0.2) is 0 Å². The van der Waals surface area contributed by atoms with Crippen LogP contribution in [0.3, 0.4) is 0 Å². The fraction of sp³-hybridized carbons (Fsp3) is 0.636. The molecule has 0 saturated heterocycles. The standard InChI is InChI=1S/C66H110NO8P/c1-6-8-10-12-14-16-18-20-22-24-26-27-28-29-30-31-32-33-34-35-36-37-38-39-41-43-45-47-49-51-53-55-57-59-66(69)75-64(63-74-76(70,71)73-61-60-67(3,4)5)62-72-65(68)58-56-54-52-50-48-46-44-42-40-25-23-21-19-17-15-13-11-9-7-2/h8-11,14-17,20-23,26-27,29-30,32-33,35-36,40,42,64H,6-7,12-13,18-19,24-25,28,31,34,37-39,41,43-63H2,1-5H3/b10-8-,11-9-,16-14-,17-15-,22-20-,23-21-,27-26-,30-29-,33-32-,36-35-,42-40-. The fourth-order valence-corrected chi connectivity index (χ4v) is 8.36. The Kier molecular flexibility index (Phi) is 53.1. The minimum atomic E-state index is -4.65. The molecule has 0 amide bonds. The van der Waals surface area contributed by atoms with Crippen LogP contribution < -0.4 is 4.89 Å². The number of phosphoric acid groups is 1. The van der Waals surface area contributed by atoms with Crippen molar-refractivity contribution in [2.75, 3.05) is 47.5 Å². The maximum absolute atomic E-state index is 12.8. The zero-order valence-electron chi connectivity index (χ0n) is 48.9. The van der Waals surface area contributed by atoms with Gasteiger partial charge in [-0.1, -0.05) is 231 Å². The Morgan fingerprint density at radius 3 is 1.05 bits per heavy atom. The Balaban J connectivity index is 4.18. The number of unbranched alkanes of at least 4 members (excludes halogenated alkanes) is 17. The molecule has 0 aromatic rings. The maximum Gasteiger partial charge on any atom is 0.306 e. The van der Waals surface area contributed by atoms with Gasteiger partial charge in [-0.3, -0.25) is 14.2 Å². The highest BCUT2D eigenvalue weighted by Crippen LogP contribution is 2.38. The van der Waals surface area contributed by atoms with E-state index in [1.807, 2.05) is 21.1 Å². The normalized spacial score (nSPS) is 14.2. The third kappa shape index (κ3) is 59.4. The van der Waals surface area contributed by atoms with Gasteiger partial charge in [0, 0.05) is 12.8 Å². The summed E-state index contributed by atoms with van der Waals surface area (Å²) in [6, 6.07) is 0. The van der Waals surface area contributed by atoms with Gasteiger partial charge in [-0.15, -0.1) is 0 Å². The van der Waals surface area contributed by atoms with Crippen LogP contribution in [0.2, 0.25) is 0 Å². The van der Waals surface area contributed by atoms with E-state index in [2.05, 4.69) is 148 Å². The van der Waals surface area contributed by atoms with Crippen molar-refractivity contribution < 1.29 is 42.1 Å². The minimum Gasteiger partial charge on any atom is -0.756 e. The number of phosphoric ester groups is 1. The molecule has 0 N–H and O–H groups in total. The second kappa shape index (κ2) is 55.9. The molecule has 0 heterocycles. The number of rotatable bonds is 53. The van der Waals surface area contributed by atoms with E-state index < -0.39 is 32.5 Å². The van der Waals surface area contributed by atoms with Crippen LogP contribution in [0.1, 0.15) is 219 Å². The summed E-state index contributed by atoms with van der Waals surface area (Å²) in [7, 11) is 1.14. The number of carbonyl (C=O) groups excluding carboxylic acids is 2. The zero-order valence-corrected chi connectivity index (χ0v) is 49.8. The second-order valence-electron chi connectivity index (χ2n) is 20.6. The van der Waals surface area contributed by atoms with Gasteiger partial charge in [-0.05, 0) is 109 Å². The van der Waals surface area contributed by atoms with Crippen molar-refractivity contribution >= 4 is 19.8 Å². The monoisotopic (exact) mass is 1080 g/mol. The molecule has 2 unspecified atom stereocenters. The highest BCUT2D eigenvalue weighted by Gasteiger charge is 2.21. The average Bonchev–Trinajstić information content (AvgIpc) is 3.38. The van der Waals surface area contributed by atoms with E-state index in [4.69, 9.17) is 18.5 Å². The first-order valence-corrected chi connectivity index (χ1v) is 31.4. The van der Waals surface area contributed by atoms with E-state index in [0.29, 0.717) is 23.9 Å². The number of quaternary nitrogens is 1. The van der Waals surface area contributed by atoms with Gasteiger partial charge in [0.25, 0.3) is 7.82 Å². The van der Waals surface area contributed by atoms with Crippen LogP contribution in [-0.2, 0) is 32.7 Å². The number of esters is 2. The Hall–Kier alpha value is -3.85. The second-order valence-corrected chi connectivity index (χ2v) is 22.0. The number of allylic oxidation sites excluding steroid dienone is 22. The van der Waals surface area contributed by atoms with Crippen LogP contribution in [0, 0.1) is 0 Å². The first-order valence-electron chi connectivity index (χ1n) is 29.9. The van der Waals surface area contributed by atoms with Crippen molar-refractivity contribution in [1.82, 2.24) is 0 Å². The summed E-state index contributed by atoms with van der Waals surface area (Å²) in [5.41, 5.74) is 0. The van der Waals surface area contributed by atoms with E-state index in [1.165, 1.54) is 44.9 Å². The molecule has 9 nitrogen and oxygen atoms in total. The van der Waals surface area contributed by atoms with Gasteiger partial charge >= 0.3 is 11.9 Å². The van der Waals surface area contributed by atoms with Crippen LogP contribution in [0.5, 0.6) is 0 Å². The molecule has 2 atom stereocenters. The molecule has 10 heteroatoms. The largest absolute Gasteiger partial charge is 0.756 e. The number of hydrogen-bond donors (Lipinski definition) is 0. The molecule has 76 heavy (non-hydrogen) atoms. The smallest absolute Gasteiger partial charge is 0.306 e. The lowest BCUT2D eigenvalue weighted by atomic mass is 10.0. The maximum atomic E-state index is 12.8. The molecule has 0 aliphatic rings. The third-order valence-electron chi connectivity index (χ3n) is 12.2. The van der Waals surface area contributed by atoms with E-state index in [0.717, 1.165) is 135 Å². The summed E-state index contributed by atoms with van der Waals surface area (Å²) in [5.74, 6) is -0.861. The van der Waals surface area contributed by atoms with E-state index in [-0.39, 0.29) is 26.1 Å². The average molecular weight is 1080 g/mol. The van der Waals surface area contributed by atoms with E-state index in [1.54, 1.807) is 0 Å². The van der Waals surface area contributed by atoms with Crippen molar-refractivity contribution in [3.63, 3.8) is 0 Å². The first-order chi connectivity index (χ1) is 37.0. The van der Waals surface area contributed by atoms with Crippen LogP contribution >= 0.6 is 7.82 Å². The lowest BCUT2D eigenvalue weighted by Crippen LogP contribution is -2.37. The molecule has 0 aromatic heterocycles. The Bertz CT molecular complexity index is 1740. The molecular weight excluding hydrogens is 966 g/mol. The van der Waals surface area contributed by atoms with Gasteiger partial charge in [-0.2, -0.15) is 0 Å². The molecule has 0 aromatic carbocycles. The highest BCUT2D eigenvalue weighted by molar-refractivity contribution is 7.45. The number of carbonyl (C=O) groups is 2. The number of hydrogen-bond acceptors (Lipinski definition) is 8. The van der Waals surface area contributed by atoms with Gasteiger partial charge in [0.15, 0.2) is 6.10 Å². The predicted octanol–water partition coefficient (Wildman–Crippen LogP) is 18.3. The van der Waals surface area contributed by atoms with E-state index in [9.17, 15) is 19.0 Å². The number of likely N-dealkylation sites (N-methyl/N-ethyl adjacent to an activating group) is 1. The molecule has 0 saturated carbocycles. The van der Waals surface area contributed by atoms with Crippen molar-refractivity contribution in [3.05, 3.63) is 134 Å². The highest BCUT2D eigenvalue weighted by atomic mass is 31.2. The van der Waals surface area contributed by atoms with Gasteiger partial charge in [0.2, 0.25) is 0 Å². The predicted molar refractivity (Wildman–Crippen MR) is 323 cm³/mol. The molecule has 0 aliphatic carbocycles. The Morgan fingerprint density at radius 1 is 0.408 bits per heavy atom. The summed E-state index contributed by atoms with van der Waals surface area (Å²) in [6.07, 6.45) is 80.7. The van der Waals surface area contributed by atoms with Crippen LogP contribution in [-0.4, -0.2) is 70.0 Å². The lowest BCUT2D eigenvalue weighted by molar-refractivity contribution is -0.870. The lowest BCUT2D eigenvalue weighted by Gasteiger charge is -2.28. The summed E-state index contributed by atoms with van der Waals surface area (Å²) >= 11 is 0.